The molecule has 104 valence electrons. The summed E-state index contributed by atoms with van der Waals surface area (Å²) in [6, 6.07) is 6.05. The zero-order valence-corrected chi connectivity index (χ0v) is 13.7. The van der Waals surface area contributed by atoms with E-state index in [1.807, 2.05) is 12.1 Å². The Hall–Kier alpha value is -0.0500. The summed E-state index contributed by atoms with van der Waals surface area (Å²) in [7, 11) is 0. The number of hydrogen-bond donors (Lipinski definition) is 1. The Labute approximate surface area is 129 Å². The van der Waals surface area contributed by atoms with E-state index in [2.05, 4.69) is 28.9 Å². The quantitative estimate of drug-likeness (QED) is 0.812. The first kappa shape index (κ1) is 13.9. The van der Waals surface area contributed by atoms with Gasteiger partial charge >= 0.3 is 0 Å². The van der Waals surface area contributed by atoms with E-state index in [9.17, 15) is 0 Å². The monoisotopic (exact) mass is 341 g/mol. The molecule has 3 heteroatoms. The van der Waals surface area contributed by atoms with Gasteiger partial charge in [0.15, 0.2) is 0 Å². The first-order valence-corrected chi connectivity index (χ1v) is 8.37. The molecule has 2 aliphatic carbocycles. The molecule has 3 rings (SSSR count). The highest BCUT2D eigenvalue weighted by Gasteiger charge is 2.42. The summed E-state index contributed by atoms with van der Waals surface area (Å²) in [6.45, 7) is 2.13. The zero-order chi connectivity index (χ0) is 13.6. The predicted molar refractivity (Wildman–Crippen MR) is 84.2 cm³/mol. The number of fused-ring (bicyclic) bond motifs is 2. The Bertz CT molecular complexity index is 486. The molecule has 0 amide bonds. The van der Waals surface area contributed by atoms with Crippen molar-refractivity contribution in [2.45, 2.75) is 44.6 Å². The van der Waals surface area contributed by atoms with Crippen LogP contribution in [0, 0.1) is 17.8 Å². The van der Waals surface area contributed by atoms with Crippen molar-refractivity contribution in [1.29, 1.82) is 0 Å². The molecule has 2 bridgehead atoms. The Balaban J connectivity index is 1.78. The fourth-order valence-electron chi connectivity index (χ4n) is 4.23. The molecule has 1 aromatic rings. The lowest BCUT2D eigenvalue weighted by Gasteiger charge is -2.33. The number of nitrogens with two attached hydrogens (primary N) is 1. The van der Waals surface area contributed by atoms with Crippen LogP contribution in [-0.4, -0.2) is 0 Å². The maximum Gasteiger partial charge on any atom is 0.0467 e. The van der Waals surface area contributed by atoms with Crippen LogP contribution in [0.2, 0.25) is 5.02 Å². The SMILES string of the molecule is CC(N)(CC1CC2CCC1C2)c1ccc(Br)cc1Cl. The van der Waals surface area contributed by atoms with Crippen LogP contribution < -0.4 is 5.73 Å². The number of rotatable bonds is 3. The Morgan fingerprint density at radius 3 is 2.74 bits per heavy atom. The molecule has 2 N–H and O–H groups in total. The molecule has 0 aliphatic heterocycles. The van der Waals surface area contributed by atoms with Crippen molar-refractivity contribution >= 4 is 27.5 Å². The predicted octanol–water partition coefficient (Wildman–Crippen LogP) is 5.10. The van der Waals surface area contributed by atoms with E-state index in [1.54, 1.807) is 0 Å². The van der Waals surface area contributed by atoms with Crippen LogP contribution >= 0.6 is 27.5 Å². The van der Waals surface area contributed by atoms with Crippen molar-refractivity contribution in [2.75, 3.05) is 0 Å². The molecule has 19 heavy (non-hydrogen) atoms. The van der Waals surface area contributed by atoms with Gasteiger partial charge in [-0.05, 0) is 68.1 Å². The summed E-state index contributed by atoms with van der Waals surface area (Å²) < 4.78 is 1.01. The van der Waals surface area contributed by atoms with E-state index in [0.29, 0.717) is 0 Å². The van der Waals surface area contributed by atoms with Crippen molar-refractivity contribution in [3.63, 3.8) is 0 Å². The number of halogens is 2. The molecular formula is C16H21BrClN. The molecule has 2 aliphatic rings. The third-order valence-electron chi connectivity index (χ3n) is 5.12. The molecule has 2 saturated carbocycles. The summed E-state index contributed by atoms with van der Waals surface area (Å²) in [5.41, 5.74) is 7.37. The second kappa shape index (κ2) is 5.05. The van der Waals surface area contributed by atoms with E-state index in [0.717, 1.165) is 39.2 Å². The largest absolute Gasteiger partial charge is 0.322 e. The van der Waals surface area contributed by atoms with Crippen molar-refractivity contribution < 1.29 is 0 Å². The number of benzene rings is 1. The summed E-state index contributed by atoms with van der Waals surface area (Å²) >= 11 is 9.82. The van der Waals surface area contributed by atoms with Crippen LogP contribution in [0.3, 0.4) is 0 Å². The van der Waals surface area contributed by atoms with Gasteiger partial charge in [0, 0.05) is 15.0 Å². The van der Waals surface area contributed by atoms with Gasteiger partial charge in [-0.25, -0.2) is 0 Å². The van der Waals surface area contributed by atoms with Crippen molar-refractivity contribution in [3.8, 4) is 0 Å². The topological polar surface area (TPSA) is 26.0 Å². The first-order valence-electron chi connectivity index (χ1n) is 7.20. The van der Waals surface area contributed by atoms with Crippen molar-refractivity contribution in [1.82, 2.24) is 0 Å². The molecule has 0 aromatic heterocycles. The minimum Gasteiger partial charge on any atom is -0.322 e. The van der Waals surface area contributed by atoms with Crippen molar-refractivity contribution in [2.24, 2.45) is 23.5 Å². The van der Waals surface area contributed by atoms with Crippen LogP contribution in [0.1, 0.15) is 44.6 Å². The minimum absolute atomic E-state index is 0.313. The highest BCUT2D eigenvalue weighted by molar-refractivity contribution is 9.10. The molecule has 1 nitrogen and oxygen atoms in total. The highest BCUT2D eigenvalue weighted by Crippen LogP contribution is 2.51. The highest BCUT2D eigenvalue weighted by atomic mass is 79.9. The van der Waals surface area contributed by atoms with Gasteiger partial charge in [-0.2, -0.15) is 0 Å². The average molecular weight is 343 g/mol. The van der Waals surface area contributed by atoms with E-state index in [-0.39, 0.29) is 5.54 Å². The van der Waals surface area contributed by atoms with Crippen LogP contribution in [0.25, 0.3) is 0 Å². The second-order valence-electron chi connectivity index (χ2n) is 6.68. The van der Waals surface area contributed by atoms with E-state index in [4.69, 9.17) is 17.3 Å². The third-order valence-corrected chi connectivity index (χ3v) is 5.92. The van der Waals surface area contributed by atoms with Crippen LogP contribution in [-0.2, 0) is 5.54 Å². The van der Waals surface area contributed by atoms with Gasteiger partial charge in [0.1, 0.15) is 0 Å². The molecule has 4 unspecified atom stereocenters. The van der Waals surface area contributed by atoms with Gasteiger partial charge < -0.3 is 5.73 Å². The van der Waals surface area contributed by atoms with E-state index >= 15 is 0 Å². The molecule has 2 fully saturated rings. The summed E-state index contributed by atoms with van der Waals surface area (Å²) in [5.74, 6) is 2.70. The second-order valence-corrected chi connectivity index (χ2v) is 8.00. The van der Waals surface area contributed by atoms with Gasteiger partial charge in [-0.1, -0.05) is 40.0 Å². The number of hydrogen-bond acceptors (Lipinski definition) is 1. The van der Waals surface area contributed by atoms with E-state index < -0.39 is 0 Å². The van der Waals surface area contributed by atoms with Crippen LogP contribution in [0.5, 0.6) is 0 Å². The molecule has 4 atom stereocenters. The molecule has 0 spiro atoms. The maximum absolute atomic E-state index is 6.60. The maximum atomic E-state index is 6.60. The normalized spacial score (nSPS) is 32.5. The lowest BCUT2D eigenvalue weighted by atomic mass is 9.77. The van der Waals surface area contributed by atoms with Gasteiger partial charge in [-0.15, -0.1) is 0 Å². The van der Waals surface area contributed by atoms with Gasteiger partial charge in [-0.3, -0.25) is 0 Å². The Morgan fingerprint density at radius 2 is 2.16 bits per heavy atom. The van der Waals surface area contributed by atoms with Crippen molar-refractivity contribution in [3.05, 3.63) is 33.3 Å². The molecule has 1 aromatic carbocycles. The molecule has 0 saturated heterocycles. The van der Waals surface area contributed by atoms with Crippen LogP contribution in [0.4, 0.5) is 0 Å². The van der Waals surface area contributed by atoms with Gasteiger partial charge in [0.05, 0.1) is 0 Å². The lowest BCUT2D eigenvalue weighted by molar-refractivity contribution is 0.253. The fraction of sp³-hybridized carbons (Fsp3) is 0.625. The average Bonchev–Trinajstić information content (AvgIpc) is 2.89. The third kappa shape index (κ3) is 2.72. The molecule has 0 heterocycles. The van der Waals surface area contributed by atoms with Gasteiger partial charge in [0.2, 0.25) is 0 Å². The summed E-state index contributed by atoms with van der Waals surface area (Å²) in [4.78, 5) is 0. The first-order chi connectivity index (χ1) is 8.95. The minimum atomic E-state index is -0.313. The van der Waals surface area contributed by atoms with E-state index in [1.165, 1.54) is 25.7 Å². The summed E-state index contributed by atoms with van der Waals surface area (Å²) in [6.07, 6.45) is 6.75. The molecular weight excluding hydrogens is 322 g/mol. The van der Waals surface area contributed by atoms with Crippen LogP contribution in [0.15, 0.2) is 22.7 Å². The Morgan fingerprint density at radius 1 is 1.37 bits per heavy atom. The summed E-state index contributed by atoms with van der Waals surface area (Å²) in [5, 5.41) is 0.780. The Kier molecular flexibility index (Phi) is 3.70. The van der Waals surface area contributed by atoms with Gasteiger partial charge in [0.25, 0.3) is 0 Å². The smallest absolute Gasteiger partial charge is 0.0467 e. The standard InChI is InChI=1S/C16H21BrClN/c1-16(19,14-5-4-13(17)8-15(14)18)9-12-7-10-2-3-11(12)6-10/h4-5,8,10-12H,2-3,6-7,9,19H2,1H3. The lowest BCUT2D eigenvalue weighted by Crippen LogP contribution is -2.36. The zero-order valence-electron chi connectivity index (χ0n) is 11.3. The fourth-order valence-corrected chi connectivity index (χ4v) is 5.12. The molecule has 0 radical (unpaired) electrons.